The summed E-state index contributed by atoms with van der Waals surface area (Å²) >= 11 is 7.37. The van der Waals surface area contributed by atoms with E-state index in [1.165, 1.54) is 0 Å². The first-order valence-electron chi connectivity index (χ1n) is 8.16. The van der Waals surface area contributed by atoms with Crippen LogP contribution in [0, 0.1) is 5.92 Å². The van der Waals surface area contributed by atoms with Crippen LogP contribution >= 0.6 is 31.9 Å². The molecular formula is C19H26Br2O2. The summed E-state index contributed by atoms with van der Waals surface area (Å²) in [5, 5.41) is 0. The van der Waals surface area contributed by atoms with Gasteiger partial charge in [0.1, 0.15) is 5.75 Å². The first-order chi connectivity index (χ1) is 10.9. The minimum Gasteiger partial charge on any atom is -0.423 e. The summed E-state index contributed by atoms with van der Waals surface area (Å²) in [5.74, 6) is 0.661. The lowest BCUT2D eigenvalue weighted by atomic mass is 9.94. The van der Waals surface area contributed by atoms with Crippen LogP contribution < -0.4 is 4.74 Å². The molecule has 0 amide bonds. The molecule has 4 heteroatoms. The van der Waals surface area contributed by atoms with Crippen LogP contribution in [0.1, 0.15) is 46.5 Å². The number of alkyl halides is 2. The average molecular weight is 446 g/mol. The molecule has 0 aliphatic carbocycles. The van der Waals surface area contributed by atoms with E-state index >= 15 is 0 Å². The maximum atomic E-state index is 12.2. The van der Waals surface area contributed by atoms with Gasteiger partial charge in [0, 0.05) is 15.2 Å². The van der Waals surface area contributed by atoms with Gasteiger partial charge >= 0.3 is 5.97 Å². The number of halogens is 2. The molecule has 2 nitrogen and oxygen atoms in total. The van der Waals surface area contributed by atoms with E-state index in [-0.39, 0.29) is 5.97 Å². The lowest BCUT2D eigenvalue weighted by Crippen LogP contribution is -2.14. The van der Waals surface area contributed by atoms with Crippen LogP contribution in [-0.2, 0) is 4.79 Å². The Labute approximate surface area is 156 Å². The highest BCUT2D eigenvalue weighted by atomic mass is 79.9. The predicted molar refractivity (Wildman–Crippen MR) is 105 cm³/mol. The SMILES string of the molecule is CCCC(Br)CC(C=C(C)C(=O)Oc1ccccc1)CC(C)Br. The van der Waals surface area contributed by atoms with Gasteiger partial charge in [-0.25, -0.2) is 4.79 Å². The van der Waals surface area contributed by atoms with E-state index in [1.54, 1.807) is 12.1 Å². The number of esters is 1. The van der Waals surface area contributed by atoms with Crippen molar-refractivity contribution in [2.45, 2.75) is 56.1 Å². The Morgan fingerprint density at radius 1 is 1.22 bits per heavy atom. The van der Waals surface area contributed by atoms with Crippen molar-refractivity contribution >= 4 is 37.8 Å². The molecule has 0 saturated heterocycles. The fourth-order valence-electron chi connectivity index (χ4n) is 2.51. The van der Waals surface area contributed by atoms with Crippen LogP contribution in [-0.4, -0.2) is 15.6 Å². The van der Waals surface area contributed by atoms with Crippen LogP contribution in [0.15, 0.2) is 42.0 Å². The third kappa shape index (κ3) is 8.71. The van der Waals surface area contributed by atoms with Gasteiger partial charge in [0.25, 0.3) is 0 Å². The summed E-state index contributed by atoms with van der Waals surface area (Å²) in [7, 11) is 0. The zero-order valence-electron chi connectivity index (χ0n) is 14.1. The van der Waals surface area contributed by atoms with Gasteiger partial charge in [-0.2, -0.15) is 0 Å². The fourth-order valence-corrected chi connectivity index (χ4v) is 3.92. The number of para-hydroxylation sites is 1. The molecule has 1 aromatic rings. The van der Waals surface area contributed by atoms with E-state index in [0.29, 0.717) is 26.9 Å². The third-order valence-electron chi connectivity index (χ3n) is 3.55. The molecule has 0 heterocycles. The first kappa shape index (κ1) is 20.4. The minimum absolute atomic E-state index is 0.273. The molecule has 0 radical (unpaired) electrons. The van der Waals surface area contributed by atoms with Crippen molar-refractivity contribution in [2.75, 3.05) is 0 Å². The zero-order chi connectivity index (χ0) is 17.2. The van der Waals surface area contributed by atoms with Crippen molar-refractivity contribution in [3.63, 3.8) is 0 Å². The van der Waals surface area contributed by atoms with E-state index < -0.39 is 0 Å². The van der Waals surface area contributed by atoms with Gasteiger partial charge in [0.15, 0.2) is 0 Å². The lowest BCUT2D eigenvalue weighted by Gasteiger charge is -2.19. The summed E-state index contributed by atoms with van der Waals surface area (Å²) in [6.45, 7) is 6.16. The molecule has 0 aliphatic heterocycles. The number of rotatable bonds is 9. The lowest BCUT2D eigenvalue weighted by molar-refractivity contribution is -0.130. The molecule has 0 N–H and O–H groups in total. The summed E-state index contributed by atoms with van der Waals surface area (Å²) < 4.78 is 5.40. The maximum Gasteiger partial charge on any atom is 0.338 e. The van der Waals surface area contributed by atoms with E-state index in [4.69, 9.17) is 4.74 Å². The smallest absolute Gasteiger partial charge is 0.338 e. The molecule has 128 valence electrons. The topological polar surface area (TPSA) is 26.3 Å². The predicted octanol–water partition coefficient (Wildman–Crippen LogP) is 6.28. The van der Waals surface area contributed by atoms with Gasteiger partial charge in [-0.1, -0.05) is 76.4 Å². The van der Waals surface area contributed by atoms with Gasteiger partial charge in [-0.3, -0.25) is 0 Å². The number of hydrogen-bond acceptors (Lipinski definition) is 2. The van der Waals surface area contributed by atoms with Crippen molar-refractivity contribution in [2.24, 2.45) is 5.92 Å². The number of ether oxygens (including phenoxy) is 1. The molecule has 23 heavy (non-hydrogen) atoms. The zero-order valence-corrected chi connectivity index (χ0v) is 17.3. The van der Waals surface area contributed by atoms with Crippen LogP contribution in [0.5, 0.6) is 5.75 Å². The van der Waals surface area contributed by atoms with Gasteiger partial charge < -0.3 is 4.74 Å². The van der Waals surface area contributed by atoms with Gasteiger partial charge in [-0.05, 0) is 44.2 Å². The van der Waals surface area contributed by atoms with Gasteiger partial charge in [0.05, 0.1) is 0 Å². The molecular weight excluding hydrogens is 420 g/mol. The van der Waals surface area contributed by atoms with Crippen molar-refractivity contribution in [3.8, 4) is 5.75 Å². The second-order valence-electron chi connectivity index (χ2n) is 5.95. The number of carbonyl (C=O) groups is 1. The average Bonchev–Trinajstić information content (AvgIpc) is 2.47. The normalized spacial score (nSPS) is 15.8. The highest BCUT2D eigenvalue weighted by molar-refractivity contribution is 9.09. The molecule has 0 aliphatic rings. The van der Waals surface area contributed by atoms with Gasteiger partial charge in [0.2, 0.25) is 0 Å². The molecule has 1 rings (SSSR count). The van der Waals surface area contributed by atoms with Crippen molar-refractivity contribution < 1.29 is 9.53 Å². The first-order valence-corrected chi connectivity index (χ1v) is 9.99. The second-order valence-corrected chi connectivity index (χ2v) is 8.81. The van der Waals surface area contributed by atoms with Crippen molar-refractivity contribution in [1.29, 1.82) is 0 Å². The van der Waals surface area contributed by atoms with E-state index in [1.807, 2.05) is 25.1 Å². The van der Waals surface area contributed by atoms with E-state index in [9.17, 15) is 4.79 Å². The van der Waals surface area contributed by atoms with E-state index in [2.05, 4.69) is 51.8 Å². The van der Waals surface area contributed by atoms with Crippen molar-refractivity contribution in [1.82, 2.24) is 0 Å². The third-order valence-corrected chi connectivity index (χ3v) is 4.75. The Morgan fingerprint density at radius 3 is 2.43 bits per heavy atom. The second kappa shape index (κ2) is 11.0. The summed E-state index contributed by atoms with van der Waals surface area (Å²) in [6.07, 6.45) is 6.40. The number of hydrogen-bond donors (Lipinski definition) is 0. The molecule has 3 atom stereocenters. The Balaban J connectivity index is 2.72. The Morgan fingerprint density at radius 2 is 1.87 bits per heavy atom. The minimum atomic E-state index is -0.273. The summed E-state index contributed by atoms with van der Waals surface area (Å²) in [4.78, 5) is 13.1. The van der Waals surface area contributed by atoms with Crippen LogP contribution in [0.25, 0.3) is 0 Å². The Bertz CT molecular complexity index is 497. The molecule has 3 unspecified atom stereocenters. The largest absolute Gasteiger partial charge is 0.423 e. The van der Waals surface area contributed by atoms with E-state index in [0.717, 1.165) is 25.7 Å². The summed E-state index contributed by atoms with van der Waals surface area (Å²) in [5.41, 5.74) is 0.670. The highest BCUT2D eigenvalue weighted by Crippen LogP contribution is 2.26. The van der Waals surface area contributed by atoms with Crippen molar-refractivity contribution in [3.05, 3.63) is 42.0 Å². The molecule has 1 aromatic carbocycles. The molecule has 0 aromatic heterocycles. The van der Waals surface area contributed by atoms with Gasteiger partial charge in [-0.15, -0.1) is 0 Å². The van der Waals surface area contributed by atoms with Crippen LogP contribution in [0.3, 0.4) is 0 Å². The Kier molecular flexibility index (Phi) is 9.80. The highest BCUT2D eigenvalue weighted by Gasteiger charge is 2.17. The van der Waals surface area contributed by atoms with Crippen LogP contribution in [0.2, 0.25) is 0 Å². The summed E-state index contributed by atoms with van der Waals surface area (Å²) in [6, 6.07) is 9.20. The number of carbonyl (C=O) groups excluding carboxylic acids is 1. The quantitative estimate of drug-likeness (QED) is 0.193. The number of benzene rings is 1. The maximum absolute atomic E-state index is 12.2. The Hall–Kier alpha value is -0.610. The molecule has 0 bridgehead atoms. The molecule has 0 fully saturated rings. The molecule has 0 saturated carbocycles. The standard InChI is InChI=1S/C19H26Br2O2/c1-4-8-17(21)13-16(12-15(3)20)11-14(2)19(22)23-18-9-6-5-7-10-18/h5-7,9-11,15-17H,4,8,12-13H2,1-3H3. The fraction of sp³-hybridized carbons (Fsp3) is 0.526. The molecule has 0 spiro atoms. The number of allylic oxidation sites excluding steroid dienone is 1. The van der Waals surface area contributed by atoms with Crippen LogP contribution in [0.4, 0.5) is 0 Å². The monoisotopic (exact) mass is 444 g/mol.